The fourth-order valence-corrected chi connectivity index (χ4v) is 5.06. The maximum Gasteiger partial charge on any atom is 0.252 e. The Kier molecular flexibility index (Phi) is 8.99. The van der Waals surface area contributed by atoms with Crippen LogP contribution in [0, 0.1) is 5.92 Å². The largest absolute Gasteiger partial charge is 0.338 e. The summed E-state index contributed by atoms with van der Waals surface area (Å²) in [6.45, 7) is 8.33. The molecular formula is C23H28N2O3S2. The minimum atomic E-state index is -0.306. The van der Waals surface area contributed by atoms with Crippen molar-refractivity contribution in [3.8, 4) is 0 Å². The molecule has 0 aliphatic heterocycles. The Morgan fingerprint density at radius 2 is 1.43 bits per heavy atom. The van der Waals surface area contributed by atoms with Crippen LogP contribution >= 0.6 is 21.6 Å². The van der Waals surface area contributed by atoms with Crippen LogP contribution < -0.4 is 10.6 Å². The number of hydrogen-bond donors (Lipinski definition) is 2. The highest BCUT2D eigenvalue weighted by atomic mass is 33.1. The molecule has 0 heterocycles. The van der Waals surface area contributed by atoms with Crippen LogP contribution in [0.15, 0.2) is 54.6 Å². The van der Waals surface area contributed by atoms with Crippen LogP contribution in [0.3, 0.4) is 0 Å². The third kappa shape index (κ3) is 7.88. The second-order valence-electron chi connectivity index (χ2n) is 7.88. The van der Waals surface area contributed by atoms with Crippen LogP contribution in [-0.4, -0.2) is 34.8 Å². The lowest BCUT2D eigenvalue weighted by atomic mass is 10.0. The van der Waals surface area contributed by atoms with Crippen LogP contribution in [-0.2, 0) is 4.79 Å². The quantitative estimate of drug-likeness (QED) is 0.337. The van der Waals surface area contributed by atoms with E-state index in [1.165, 1.54) is 0 Å². The number of benzene rings is 2. The Balaban J connectivity index is 1.78. The standard InChI is InChI=1S/C23H28N2O3S2/c1-16(14-29-30-23(2,3)4)21(27)24-15-25-22(28)19-12-10-18(11-13-19)20(26)17-8-6-5-7-9-17/h5-13,16H,14-15H2,1-4H3,(H,24,27)(H,25,28). The summed E-state index contributed by atoms with van der Waals surface area (Å²) in [6, 6.07) is 15.5. The van der Waals surface area contributed by atoms with E-state index >= 15 is 0 Å². The molecule has 0 spiro atoms. The van der Waals surface area contributed by atoms with E-state index in [1.54, 1.807) is 58.0 Å². The van der Waals surface area contributed by atoms with E-state index in [-0.39, 0.29) is 34.9 Å². The molecule has 5 nitrogen and oxygen atoms in total. The molecule has 0 saturated heterocycles. The van der Waals surface area contributed by atoms with E-state index < -0.39 is 0 Å². The van der Waals surface area contributed by atoms with Crippen molar-refractivity contribution in [3.05, 3.63) is 71.3 Å². The Labute approximate surface area is 186 Å². The van der Waals surface area contributed by atoms with Gasteiger partial charge in [0.25, 0.3) is 5.91 Å². The molecule has 2 N–H and O–H groups in total. The molecule has 0 fully saturated rings. The lowest BCUT2D eigenvalue weighted by Crippen LogP contribution is -2.40. The summed E-state index contributed by atoms with van der Waals surface area (Å²) in [6.07, 6.45) is 0. The van der Waals surface area contributed by atoms with Gasteiger partial charge < -0.3 is 10.6 Å². The second-order valence-corrected chi connectivity index (χ2v) is 11.0. The Morgan fingerprint density at radius 3 is 2.03 bits per heavy atom. The SMILES string of the molecule is CC(CSSC(C)(C)C)C(=O)NCNC(=O)c1ccc(C(=O)c2ccccc2)cc1. The number of nitrogens with one attached hydrogen (secondary N) is 2. The molecule has 2 rings (SSSR count). The van der Waals surface area contributed by atoms with Gasteiger partial charge in [-0.3, -0.25) is 14.4 Å². The molecule has 0 saturated carbocycles. The average molecular weight is 445 g/mol. The molecule has 1 unspecified atom stereocenters. The number of rotatable bonds is 9. The van der Waals surface area contributed by atoms with E-state index in [0.29, 0.717) is 22.4 Å². The molecule has 1 atom stereocenters. The van der Waals surface area contributed by atoms with Gasteiger partial charge in [0.15, 0.2) is 5.78 Å². The van der Waals surface area contributed by atoms with Gasteiger partial charge in [0.1, 0.15) is 0 Å². The van der Waals surface area contributed by atoms with Crippen LogP contribution in [0.2, 0.25) is 0 Å². The highest BCUT2D eigenvalue weighted by Crippen LogP contribution is 2.35. The van der Waals surface area contributed by atoms with Crippen molar-refractivity contribution in [2.45, 2.75) is 32.4 Å². The van der Waals surface area contributed by atoms with Gasteiger partial charge in [0.2, 0.25) is 5.91 Å². The van der Waals surface area contributed by atoms with Crippen LogP contribution in [0.4, 0.5) is 0 Å². The lowest BCUT2D eigenvalue weighted by molar-refractivity contribution is -0.123. The first kappa shape index (κ1) is 24.0. The first-order chi connectivity index (χ1) is 14.2. The molecule has 2 amide bonds. The molecule has 7 heteroatoms. The lowest BCUT2D eigenvalue weighted by Gasteiger charge is -2.18. The van der Waals surface area contributed by atoms with Gasteiger partial charge in [-0.25, -0.2) is 0 Å². The van der Waals surface area contributed by atoms with Crippen LogP contribution in [0.1, 0.15) is 54.0 Å². The molecular weight excluding hydrogens is 416 g/mol. The summed E-state index contributed by atoms with van der Waals surface area (Å²) >= 11 is 0. The molecule has 0 radical (unpaired) electrons. The van der Waals surface area contributed by atoms with Crippen molar-refractivity contribution in [1.29, 1.82) is 0 Å². The highest BCUT2D eigenvalue weighted by molar-refractivity contribution is 8.77. The zero-order valence-electron chi connectivity index (χ0n) is 17.7. The monoisotopic (exact) mass is 444 g/mol. The Morgan fingerprint density at radius 1 is 0.867 bits per heavy atom. The number of hydrogen-bond acceptors (Lipinski definition) is 5. The predicted octanol–water partition coefficient (Wildman–Crippen LogP) is 4.54. The molecule has 2 aromatic rings. The van der Waals surface area contributed by atoms with Gasteiger partial charge in [0, 0.05) is 33.1 Å². The topological polar surface area (TPSA) is 75.3 Å². The fourth-order valence-electron chi connectivity index (χ4n) is 2.41. The van der Waals surface area contributed by atoms with E-state index in [4.69, 9.17) is 0 Å². The molecule has 0 aliphatic rings. The number of carbonyl (C=O) groups excluding carboxylic acids is 3. The van der Waals surface area contributed by atoms with Gasteiger partial charge in [0.05, 0.1) is 6.67 Å². The van der Waals surface area contributed by atoms with Crippen LogP contribution in [0.5, 0.6) is 0 Å². The van der Waals surface area contributed by atoms with Gasteiger partial charge in [-0.2, -0.15) is 0 Å². The zero-order chi connectivity index (χ0) is 22.1. The van der Waals surface area contributed by atoms with Gasteiger partial charge in [-0.05, 0) is 12.1 Å². The first-order valence-electron chi connectivity index (χ1n) is 9.74. The van der Waals surface area contributed by atoms with Crippen LogP contribution in [0.25, 0.3) is 0 Å². The summed E-state index contributed by atoms with van der Waals surface area (Å²) in [5, 5.41) is 5.41. The van der Waals surface area contributed by atoms with Crippen molar-refractivity contribution in [2.75, 3.05) is 12.4 Å². The smallest absolute Gasteiger partial charge is 0.252 e. The maximum absolute atomic E-state index is 12.4. The van der Waals surface area contributed by atoms with E-state index in [2.05, 4.69) is 31.4 Å². The van der Waals surface area contributed by atoms with Crippen molar-refractivity contribution >= 4 is 39.2 Å². The minimum Gasteiger partial charge on any atom is -0.338 e. The molecule has 0 bridgehead atoms. The van der Waals surface area contributed by atoms with Gasteiger partial charge in [-0.15, -0.1) is 0 Å². The average Bonchev–Trinajstić information content (AvgIpc) is 2.72. The Bertz CT molecular complexity index is 862. The van der Waals surface area contributed by atoms with Crippen molar-refractivity contribution in [3.63, 3.8) is 0 Å². The molecule has 30 heavy (non-hydrogen) atoms. The van der Waals surface area contributed by atoms with E-state index in [9.17, 15) is 14.4 Å². The number of ketones is 1. The third-order valence-electron chi connectivity index (χ3n) is 4.03. The molecule has 0 aromatic heterocycles. The van der Waals surface area contributed by atoms with Crippen molar-refractivity contribution < 1.29 is 14.4 Å². The number of amides is 2. The normalized spacial score (nSPS) is 12.1. The molecule has 2 aromatic carbocycles. The third-order valence-corrected chi connectivity index (χ3v) is 7.55. The van der Waals surface area contributed by atoms with Crippen molar-refractivity contribution in [1.82, 2.24) is 10.6 Å². The van der Waals surface area contributed by atoms with Gasteiger partial charge >= 0.3 is 0 Å². The summed E-state index contributed by atoms with van der Waals surface area (Å²) in [4.78, 5) is 36.8. The predicted molar refractivity (Wildman–Crippen MR) is 126 cm³/mol. The number of carbonyl (C=O) groups is 3. The Hall–Kier alpha value is -2.25. The maximum atomic E-state index is 12.4. The molecule has 160 valence electrons. The summed E-state index contributed by atoms with van der Waals surface area (Å²) in [5.41, 5.74) is 1.55. The first-order valence-corrected chi connectivity index (χ1v) is 12.1. The highest BCUT2D eigenvalue weighted by Gasteiger charge is 2.17. The molecule has 0 aliphatic carbocycles. The fraction of sp³-hybridized carbons (Fsp3) is 0.348. The second kappa shape index (κ2) is 11.2. The van der Waals surface area contributed by atoms with Gasteiger partial charge in [-0.1, -0.05) is 91.7 Å². The van der Waals surface area contributed by atoms with Crippen molar-refractivity contribution in [2.24, 2.45) is 5.92 Å². The summed E-state index contributed by atoms with van der Waals surface area (Å²) < 4.78 is 0.149. The zero-order valence-corrected chi connectivity index (χ0v) is 19.4. The summed E-state index contributed by atoms with van der Waals surface area (Å²) in [5.74, 6) is 0.0651. The van der Waals surface area contributed by atoms with E-state index in [1.807, 2.05) is 25.1 Å². The summed E-state index contributed by atoms with van der Waals surface area (Å²) in [7, 11) is 3.43. The van der Waals surface area contributed by atoms with E-state index in [0.717, 1.165) is 0 Å². The minimum absolute atomic E-state index is 0.0593.